The third-order valence-corrected chi connectivity index (χ3v) is 6.17. The summed E-state index contributed by atoms with van der Waals surface area (Å²) < 4.78 is 16.1. The quantitative estimate of drug-likeness (QED) is 0.717. The molecule has 0 unspecified atom stereocenters. The fourth-order valence-corrected chi connectivity index (χ4v) is 4.51. The first-order valence-corrected chi connectivity index (χ1v) is 10.7. The highest BCUT2D eigenvalue weighted by molar-refractivity contribution is 5.93. The van der Waals surface area contributed by atoms with E-state index in [1.165, 1.54) is 12.5 Å². The van der Waals surface area contributed by atoms with Crippen LogP contribution in [0.5, 0.6) is 0 Å². The summed E-state index contributed by atoms with van der Waals surface area (Å²) in [5.41, 5.74) is 2.02. The number of halogens is 1. The van der Waals surface area contributed by atoms with Gasteiger partial charge in [-0.3, -0.25) is 4.79 Å². The fraction of sp³-hybridized carbons (Fsp3) is 0.455. The molecule has 0 bridgehead atoms. The Hall–Kier alpha value is -3.03. The Morgan fingerprint density at radius 1 is 1.07 bits per heavy atom. The molecule has 1 saturated heterocycles. The minimum absolute atomic E-state index is 0.124. The van der Waals surface area contributed by atoms with Crippen LogP contribution in [0.2, 0.25) is 0 Å². The number of nitrogens with zero attached hydrogens (tertiary/aromatic N) is 5. The van der Waals surface area contributed by atoms with Gasteiger partial charge in [0.05, 0.1) is 5.69 Å². The van der Waals surface area contributed by atoms with Crippen LogP contribution in [-0.4, -0.2) is 38.5 Å². The zero-order valence-electron chi connectivity index (χ0n) is 16.9. The molecule has 7 nitrogen and oxygen atoms in total. The number of hydrogen-bond acceptors (Lipinski definition) is 5. The number of aryl methyl sites for hydroxylation is 2. The van der Waals surface area contributed by atoms with Gasteiger partial charge in [0.25, 0.3) is 0 Å². The summed E-state index contributed by atoms with van der Waals surface area (Å²) in [4.78, 5) is 28.7. The van der Waals surface area contributed by atoms with Gasteiger partial charge in [-0.05, 0) is 37.8 Å². The van der Waals surface area contributed by atoms with E-state index in [0.29, 0.717) is 25.9 Å². The summed E-state index contributed by atoms with van der Waals surface area (Å²) >= 11 is 0. The van der Waals surface area contributed by atoms with Crippen molar-refractivity contribution in [3.8, 4) is 0 Å². The first kappa shape index (κ1) is 19.0. The maximum absolute atomic E-state index is 13.8. The molecule has 1 N–H and O–H groups in total. The Kier molecular flexibility index (Phi) is 5.06. The Labute approximate surface area is 174 Å². The number of benzene rings is 1. The topological polar surface area (TPSA) is 75.9 Å². The summed E-state index contributed by atoms with van der Waals surface area (Å²) in [6.45, 7) is 2.38. The first-order valence-electron chi connectivity index (χ1n) is 10.7. The average Bonchev–Trinajstić information content (AvgIpc) is 2.96. The van der Waals surface area contributed by atoms with E-state index >= 15 is 0 Å². The molecule has 2 aliphatic rings. The van der Waals surface area contributed by atoms with Crippen molar-refractivity contribution in [1.29, 1.82) is 0 Å². The summed E-state index contributed by atoms with van der Waals surface area (Å²) in [5.74, 6) is 1.28. The lowest BCUT2D eigenvalue weighted by molar-refractivity contribution is -0.120. The predicted molar refractivity (Wildman–Crippen MR) is 113 cm³/mol. The van der Waals surface area contributed by atoms with Gasteiger partial charge < -0.3 is 14.8 Å². The van der Waals surface area contributed by atoms with Gasteiger partial charge in [0.2, 0.25) is 5.91 Å². The minimum Gasteiger partial charge on any atom is -0.355 e. The van der Waals surface area contributed by atoms with Gasteiger partial charge in [0, 0.05) is 32.0 Å². The van der Waals surface area contributed by atoms with Crippen LogP contribution in [0, 0.1) is 11.7 Å². The minimum atomic E-state index is -0.411. The van der Waals surface area contributed by atoms with Crippen LogP contribution < -0.4 is 10.2 Å². The van der Waals surface area contributed by atoms with Crippen molar-refractivity contribution in [2.24, 2.45) is 5.92 Å². The van der Waals surface area contributed by atoms with E-state index in [1.807, 2.05) is 0 Å². The van der Waals surface area contributed by atoms with Crippen molar-refractivity contribution in [3.63, 3.8) is 0 Å². The molecular weight excluding hydrogens is 383 g/mol. The molecular formula is C22H25FN6O. The van der Waals surface area contributed by atoms with Crippen LogP contribution in [0.1, 0.15) is 37.9 Å². The van der Waals surface area contributed by atoms with Gasteiger partial charge >= 0.3 is 0 Å². The third kappa shape index (κ3) is 3.51. The number of anilines is 2. The number of hydrogen-bond donors (Lipinski definition) is 1. The summed E-state index contributed by atoms with van der Waals surface area (Å²) in [6.07, 6.45) is 7.53. The van der Waals surface area contributed by atoms with Crippen molar-refractivity contribution in [2.45, 2.75) is 45.1 Å². The first-order chi connectivity index (χ1) is 14.7. The van der Waals surface area contributed by atoms with Gasteiger partial charge in [-0.25, -0.2) is 19.3 Å². The number of amides is 1. The van der Waals surface area contributed by atoms with E-state index in [-0.39, 0.29) is 17.5 Å². The van der Waals surface area contributed by atoms with E-state index in [0.717, 1.165) is 48.6 Å². The monoisotopic (exact) mass is 408 g/mol. The number of piperidine rings is 1. The number of fused-ring (bicyclic) bond motifs is 3. The number of carbonyl (C=O) groups excluding carboxylic acids is 1. The fourth-order valence-electron chi connectivity index (χ4n) is 4.51. The molecule has 4 heterocycles. The largest absolute Gasteiger partial charge is 0.355 e. The molecule has 0 aliphatic carbocycles. The summed E-state index contributed by atoms with van der Waals surface area (Å²) in [6, 6.07) is 6.27. The summed E-state index contributed by atoms with van der Waals surface area (Å²) in [5, 5.41) is 2.73. The highest BCUT2D eigenvalue weighted by Gasteiger charge is 2.28. The second-order valence-corrected chi connectivity index (χ2v) is 8.09. The smallest absolute Gasteiger partial charge is 0.227 e. The average molecular weight is 408 g/mol. The van der Waals surface area contributed by atoms with Gasteiger partial charge in [0.1, 0.15) is 18.0 Å². The Balaban J connectivity index is 1.30. The molecule has 1 fully saturated rings. The van der Waals surface area contributed by atoms with Crippen LogP contribution in [0.4, 0.5) is 15.9 Å². The molecule has 1 aromatic carbocycles. The van der Waals surface area contributed by atoms with Gasteiger partial charge in [0.15, 0.2) is 17.0 Å². The second-order valence-electron chi connectivity index (χ2n) is 8.09. The molecule has 156 valence electrons. The lowest BCUT2D eigenvalue weighted by Crippen LogP contribution is -2.38. The molecule has 1 amide bonds. The molecule has 0 spiro atoms. The van der Waals surface area contributed by atoms with Gasteiger partial charge in [-0.15, -0.1) is 0 Å². The molecule has 0 saturated carbocycles. The van der Waals surface area contributed by atoms with Crippen LogP contribution >= 0.6 is 0 Å². The van der Waals surface area contributed by atoms with E-state index in [9.17, 15) is 9.18 Å². The third-order valence-electron chi connectivity index (χ3n) is 6.17. The molecule has 30 heavy (non-hydrogen) atoms. The number of aromatic nitrogens is 4. The Morgan fingerprint density at radius 2 is 1.90 bits per heavy atom. The van der Waals surface area contributed by atoms with Gasteiger partial charge in [-0.1, -0.05) is 18.6 Å². The van der Waals surface area contributed by atoms with Crippen LogP contribution in [0.3, 0.4) is 0 Å². The molecule has 0 atom stereocenters. The van der Waals surface area contributed by atoms with E-state index < -0.39 is 5.82 Å². The Morgan fingerprint density at radius 3 is 2.73 bits per heavy atom. The van der Waals surface area contributed by atoms with Crippen molar-refractivity contribution in [1.82, 2.24) is 19.5 Å². The molecule has 0 radical (unpaired) electrons. The highest BCUT2D eigenvalue weighted by atomic mass is 19.1. The molecule has 8 heteroatoms. The molecule has 2 aliphatic heterocycles. The maximum Gasteiger partial charge on any atom is 0.227 e. The number of carbonyl (C=O) groups is 1. The summed E-state index contributed by atoms with van der Waals surface area (Å²) in [7, 11) is 0. The highest BCUT2D eigenvalue weighted by Crippen LogP contribution is 2.29. The van der Waals surface area contributed by atoms with Crippen LogP contribution in [-0.2, 0) is 17.8 Å². The van der Waals surface area contributed by atoms with Crippen molar-refractivity contribution in [2.75, 3.05) is 23.3 Å². The normalized spacial score (nSPS) is 17.6. The standard InChI is InChI=1S/C22H25FN6O/c23-16-6-3-4-7-17(16)26-22(30)15-9-12-28(13-10-15)20-19-21(25-14-24-20)29-11-5-1-2-8-18(29)27-19/h3-4,6-7,14-15H,1-2,5,8-13H2,(H,26,30). The molecule has 2 aromatic heterocycles. The van der Waals surface area contributed by atoms with E-state index in [2.05, 4.69) is 24.8 Å². The second kappa shape index (κ2) is 8.01. The number of nitrogens with one attached hydrogen (secondary N) is 1. The lowest BCUT2D eigenvalue weighted by atomic mass is 9.95. The van der Waals surface area contributed by atoms with Crippen LogP contribution in [0.15, 0.2) is 30.6 Å². The number of rotatable bonds is 3. The Bertz CT molecular complexity index is 1070. The maximum atomic E-state index is 13.8. The number of imidazole rings is 1. The number of para-hydroxylation sites is 1. The SMILES string of the molecule is O=C(Nc1ccccc1F)C1CCN(c2ncnc3c2nc2n3CCCCC2)CC1. The molecule has 5 rings (SSSR count). The predicted octanol–water partition coefficient (Wildman–Crippen LogP) is 3.55. The lowest BCUT2D eigenvalue weighted by Gasteiger charge is -2.32. The van der Waals surface area contributed by atoms with Crippen molar-refractivity contribution in [3.05, 3.63) is 42.2 Å². The zero-order valence-corrected chi connectivity index (χ0v) is 16.9. The van der Waals surface area contributed by atoms with Gasteiger partial charge in [-0.2, -0.15) is 0 Å². The van der Waals surface area contributed by atoms with E-state index in [4.69, 9.17) is 4.98 Å². The van der Waals surface area contributed by atoms with Crippen molar-refractivity contribution >= 4 is 28.6 Å². The van der Waals surface area contributed by atoms with E-state index in [1.54, 1.807) is 24.5 Å². The van der Waals surface area contributed by atoms with Crippen LogP contribution in [0.25, 0.3) is 11.2 Å². The molecule has 3 aromatic rings. The zero-order chi connectivity index (χ0) is 20.5. The van der Waals surface area contributed by atoms with Crippen molar-refractivity contribution < 1.29 is 9.18 Å².